The molecule has 1 fully saturated rings. The standard InChI is InChI=1S/C17H16ClN3OS/c18-12-1-6-16-15(11-12)19-17(23-16)21-9-7-20(8-10-21)13-2-4-14(22)5-3-13/h1-6,11,22H,7-10H2. The van der Waals surface area contributed by atoms with E-state index in [0.29, 0.717) is 5.75 Å². The van der Waals surface area contributed by atoms with Crippen LogP contribution in [0.25, 0.3) is 10.2 Å². The molecule has 6 heteroatoms. The normalized spacial score (nSPS) is 15.3. The Labute approximate surface area is 143 Å². The van der Waals surface area contributed by atoms with Crippen LogP contribution in [0.5, 0.6) is 5.75 Å². The Hall–Kier alpha value is -1.98. The van der Waals surface area contributed by atoms with Gasteiger partial charge in [-0.15, -0.1) is 0 Å². The quantitative estimate of drug-likeness (QED) is 0.762. The fourth-order valence-corrected chi connectivity index (χ4v) is 4.01. The van der Waals surface area contributed by atoms with Crippen LogP contribution in [0.15, 0.2) is 42.5 Å². The van der Waals surface area contributed by atoms with Crippen LogP contribution in [0.2, 0.25) is 5.02 Å². The van der Waals surface area contributed by atoms with E-state index >= 15 is 0 Å². The molecule has 0 amide bonds. The molecule has 1 aromatic heterocycles. The van der Waals surface area contributed by atoms with E-state index in [2.05, 4.69) is 9.80 Å². The number of aromatic hydroxyl groups is 1. The number of piperazine rings is 1. The van der Waals surface area contributed by atoms with Gasteiger partial charge in [-0.05, 0) is 42.5 Å². The van der Waals surface area contributed by atoms with Crippen LogP contribution >= 0.6 is 22.9 Å². The second-order valence-corrected chi connectivity index (χ2v) is 7.04. The van der Waals surface area contributed by atoms with Crippen molar-refractivity contribution >= 4 is 44.0 Å². The zero-order valence-corrected chi connectivity index (χ0v) is 14.0. The first-order valence-corrected chi connectivity index (χ1v) is 8.73. The number of thiazole rings is 1. The molecule has 118 valence electrons. The van der Waals surface area contributed by atoms with E-state index in [0.717, 1.165) is 47.5 Å². The maximum Gasteiger partial charge on any atom is 0.186 e. The third kappa shape index (κ3) is 2.94. The fourth-order valence-electron chi connectivity index (χ4n) is 2.84. The molecule has 0 radical (unpaired) electrons. The summed E-state index contributed by atoms with van der Waals surface area (Å²) in [7, 11) is 0. The lowest BCUT2D eigenvalue weighted by molar-refractivity contribution is 0.475. The topological polar surface area (TPSA) is 39.6 Å². The van der Waals surface area contributed by atoms with Gasteiger partial charge in [0.1, 0.15) is 5.75 Å². The van der Waals surface area contributed by atoms with Crippen molar-refractivity contribution in [2.24, 2.45) is 0 Å². The monoisotopic (exact) mass is 345 g/mol. The SMILES string of the molecule is Oc1ccc(N2CCN(c3nc4cc(Cl)ccc4s3)CC2)cc1. The summed E-state index contributed by atoms with van der Waals surface area (Å²) in [6, 6.07) is 13.3. The average Bonchev–Trinajstić information content (AvgIpc) is 2.99. The number of halogens is 1. The minimum atomic E-state index is 0.306. The smallest absolute Gasteiger partial charge is 0.186 e. The van der Waals surface area contributed by atoms with Crippen molar-refractivity contribution in [1.29, 1.82) is 0 Å². The molecule has 1 N–H and O–H groups in total. The van der Waals surface area contributed by atoms with E-state index in [-0.39, 0.29) is 0 Å². The third-order valence-electron chi connectivity index (χ3n) is 4.10. The Morgan fingerprint density at radius 3 is 2.39 bits per heavy atom. The highest BCUT2D eigenvalue weighted by atomic mass is 35.5. The molecule has 1 saturated heterocycles. The van der Waals surface area contributed by atoms with Crippen LogP contribution < -0.4 is 9.80 Å². The third-order valence-corrected chi connectivity index (χ3v) is 5.44. The predicted molar refractivity (Wildman–Crippen MR) is 97.2 cm³/mol. The first-order chi connectivity index (χ1) is 11.2. The van der Waals surface area contributed by atoms with Crippen LogP contribution in [0.4, 0.5) is 10.8 Å². The highest BCUT2D eigenvalue weighted by Gasteiger charge is 2.20. The average molecular weight is 346 g/mol. The van der Waals surface area contributed by atoms with Crippen molar-refractivity contribution in [2.75, 3.05) is 36.0 Å². The number of phenolic OH excluding ortho intramolecular Hbond substituents is 1. The molecular formula is C17H16ClN3OS. The Balaban J connectivity index is 1.48. The number of aromatic nitrogens is 1. The largest absolute Gasteiger partial charge is 0.508 e. The van der Waals surface area contributed by atoms with Crippen molar-refractivity contribution in [2.45, 2.75) is 0 Å². The van der Waals surface area contributed by atoms with Gasteiger partial charge in [-0.25, -0.2) is 4.98 Å². The number of benzene rings is 2. The van der Waals surface area contributed by atoms with Crippen LogP contribution in [0.1, 0.15) is 0 Å². The summed E-state index contributed by atoms with van der Waals surface area (Å²) in [5.41, 5.74) is 2.12. The van der Waals surface area contributed by atoms with Crippen LogP contribution in [-0.2, 0) is 0 Å². The van der Waals surface area contributed by atoms with E-state index in [1.165, 1.54) is 4.70 Å². The molecule has 0 atom stereocenters. The van der Waals surface area contributed by atoms with E-state index < -0.39 is 0 Å². The maximum atomic E-state index is 9.39. The number of fused-ring (bicyclic) bond motifs is 1. The van der Waals surface area contributed by atoms with Crippen LogP contribution in [0.3, 0.4) is 0 Å². The lowest BCUT2D eigenvalue weighted by Gasteiger charge is -2.36. The molecule has 3 aromatic rings. The predicted octanol–water partition coefficient (Wildman–Crippen LogP) is 3.98. The molecule has 2 heterocycles. The highest BCUT2D eigenvalue weighted by molar-refractivity contribution is 7.22. The summed E-state index contributed by atoms with van der Waals surface area (Å²) < 4.78 is 1.17. The summed E-state index contributed by atoms with van der Waals surface area (Å²) in [6.07, 6.45) is 0. The second-order valence-electron chi connectivity index (χ2n) is 5.60. The maximum absolute atomic E-state index is 9.39. The summed E-state index contributed by atoms with van der Waals surface area (Å²) >= 11 is 7.75. The molecule has 0 bridgehead atoms. The lowest BCUT2D eigenvalue weighted by Crippen LogP contribution is -2.46. The molecule has 0 unspecified atom stereocenters. The molecule has 1 aliphatic heterocycles. The molecule has 0 saturated carbocycles. The molecule has 23 heavy (non-hydrogen) atoms. The first kappa shape index (κ1) is 14.6. The summed E-state index contributed by atoms with van der Waals surface area (Å²) in [4.78, 5) is 9.38. The van der Waals surface area contributed by atoms with E-state index in [1.54, 1.807) is 23.5 Å². The zero-order valence-electron chi connectivity index (χ0n) is 12.4. The van der Waals surface area contributed by atoms with Gasteiger partial charge in [0.25, 0.3) is 0 Å². The summed E-state index contributed by atoms with van der Waals surface area (Å²) in [5.74, 6) is 0.306. The summed E-state index contributed by atoms with van der Waals surface area (Å²) in [5, 5.41) is 11.2. The zero-order chi connectivity index (χ0) is 15.8. The van der Waals surface area contributed by atoms with Crippen molar-refractivity contribution in [3.8, 4) is 5.75 Å². The Morgan fingerprint density at radius 1 is 0.957 bits per heavy atom. The first-order valence-electron chi connectivity index (χ1n) is 7.54. The van der Waals surface area contributed by atoms with Gasteiger partial charge in [0.15, 0.2) is 5.13 Å². The van der Waals surface area contributed by atoms with Gasteiger partial charge in [-0.1, -0.05) is 22.9 Å². The molecule has 4 nitrogen and oxygen atoms in total. The number of rotatable bonds is 2. The Kier molecular flexibility index (Phi) is 3.75. The van der Waals surface area contributed by atoms with Crippen molar-refractivity contribution in [3.05, 3.63) is 47.5 Å². The molecule has 2 aromatic carbocycles. The number of phenols is 1. The Morgan fingerprint density at radius 2 is 1.65 bits per heavy atom. The van der Waals surface area contributed by atoms with Gasteiger partial charge >= 0.3 is 0 Å². The molecule has 0 spiro atoms. The van der Waals surface area contributed by atoms with Gasteiger partial charge in [0.05, 0.1) is 10.2 Å². The molecule has 4 rings (SSSR count). The number of nitrogens with zero attached hydrogens (tertiary/aromatic N) is 3. The van der Waals surface area contributed by atoms with E-state index in [4.69, 9.17) is 16.6 Å². The van der Waals surface area contributed by atoms with Crippen molar-refractivity contribution < 1.29 is 5.11 Å². The van der Waals surface area contributed by atoms with E-state index in [9.17, 15) is 5.11 Å². The summed E-state index contributed by atoms with van der Waals surface area (Å²) in [6.45, 7) is 3.77. The minimum absolute atomic E-state index is 0.306. The minimum Gasteiger partial charge on any atom is -0.508 e. The molecule has 1 aliphatic rings. The van der Waals surface area contributed by atoms with Gasteiger partial charge < -0.3 is 14.9 Å². The van der Waals surface area contributed by atoms with Crippen molar-refractivity contribution in [3.63, 3.8) is 0 Å². The Bertz CT molecular complexity index is 825. The second kappa shape index (κ2) is 5.91. The highest BCUT2D eigenvalue weighted by Crippen LogP contribution is 2.31. The van der Waals surface area contributed by atoms with Crippen molar-refractivity contribution in [1.82, 2.24) is 4.98 Å². The van der Waals surface area contributed by atoms with Crippen LogP contribution in [0, 0.1) is 0 Å². The molecular weight excluding hydrogens is 330 g/mol. The lowest BCUT2D eigenvalue weighted by atomic mass is 10.2. The van der Waals surface area contributed by atoms with E-state index in [1.807, 2.05) is 30.3 Å². The fraction of sp³-hybridized carbons (Fsp3) is 0.235. The van der Waals surface area contributed by atoms with Crippen LogP contribution in [-0.4, -0.2) is 36.3 Å². The molecule has 0 aliphatic carbocycles. The van der Waals surface area contributed by atoms with Gasteiger partial charge in [0, 0.05) is 36.9 Å². The van der Waals surface area contributed by atoms with Gasteiger partial charge in [0.2, 0.25) is 0 Å². The van der Waals surface area contributed by atoms with Gasteiger partial charge in [-0.2, -0.15) is 0 Å². The number of hydrogen-bond acceptors (Lipinski definition) is 5. The number of hydrogen-bond donors (Lipinski definition) is 1. The van der Waals surface area contributed by atoms with Gasteiger partial charge in [-0.3, -0.25) is 0 Å². The number of anilines is 2.